The molecule has 1 amide bonds. The number of nitrogens with zero attached hydrogens (tertiary/aromatic N) is 2. The minimum Gasteiger partial charge on any atom is -0.496 e. The Labute approximate surface area is 218 Å². The van der Waals surface area contributed by atoms with Crippen LogP contribution in [-0.2, 0) is 6.61 Å². The summed E-state index contributed by atoms with van der Waals surface area (Å²) in [5, 5.41) is 16.0. The van der Waals surface area contributed by atoms with Crippen molar-refractivity contribution in [1.82, 2.24) is 5.43 Å². The molecule has 3 aromatic carbocycles. The number of rotatable bonds is 9. The topological polar surface area (TPSA) is 112 Å². The first-order chi connectivity index (χ1) is 16.7. The van der Waals surface area contributed by atoms with Gasteiger partial charge in [0.1, 0.15) is 12.4 Å². The quantitative estimate of drug-likeness (QED) is 0.187. The summed E-state index contributed by atoms with van der Waals surface area (Å²) in [5.74, 6) is 0.362. The fourth-order valence-electron chi connectivity index (χ4n) is 2.96. The van der Waals surface area contributed by atoms with Gasteiger partial charge in [0.2, 0.25) is 0 Å². The van der Waals surface area contributed by atoms with E-state index in [1.807, 2.05) is 0 Å². The van der Waals surface area contributed by atoms with Crippen LogP contribution in [0.25, 0.3) is 0 Å². The molecule has 0 heterocycles. The number of amides is 1. The van der Waals surface area contributed by atoms with E-state index in [0.717, 1.165) is 11.6 Å². The molecule has 3 aromatic rings. The highest BCUT2D eigenvalue weighted by Gasteiger charge is 2.17. The van der Waals surface area contributed by atoms with Crippen molar-refractivity contribution < 1.29 is 23.9 Å². The van der Waals surface area contributed by atoms with Crippen molar-refractivity contribution in [3.05, 3.63) is 89.9 Å². The van der Waals surface area contributed by atoms with Crippen LogP contribution < -0.4 is 19.6 Å². The summed E-state index contributed by atoms with van der Waals surface area (Å²) in [7, 11) is 2.84. The van der Waals surface area contributed by atoms with E-state index in [-0.39, 0.29) is 23.6 Å². The molecular formula is C23H18BrCl2N3O6. The average molecular weight is 583 g/mol. The maximum Gasteiger partial charge on any atom is 0.275 e. The number of carbonyl (C=O) groups is 1. The highest BCUT2D eigenvalue weighted by atomic mass is 79.9. The van der Waals surface area contributed by atoms with E-state index in [0.29, 0.717) is 31.6 Å². The number of halogens is 3. The van der Waals surface area contributed by atoms with Crippen LogP contribution in [0.4, 0.5) is 5.69 Å². The van der Waals surface area contributed by atoms with Gasteiger partial charge in [0, 0.05) is 27.7 Å². The molecule has 0 fully saturated rings. The van der Waals surface area contributed by atoms with Gasteiger partial charge in [-0.25, -0.2) is 5.43 Å². The van der Waals surface area contributed by atoms with Crippen LogP contribution in [0.5, 0.6) is 17.2 Å². The zero-order valence-corrected chi connectivity index (χ0v) is 21.5. The van der Waals surface area contributed by atoms with Gasteiger partial charge >= 0.3 is 0 Å². The van der Waals surface area contributed by atoms with Crippen molar-refractivity contribution in [1.29, 1.82) is 0 Å². The summed E-state index contributed by atoms with van der Waals surface area (Å²) < 4.78 is 17.0. The van der Waals surface area contributed by atoms with E-state index in [4.69, 9.17) is 37.4 Å². The largest absolute Gasteiger partial charge is 0.496 e. The second-order valence-electron chi connectivity index (χ2n) is 6.90. The van der Waals surface area contributed by atoms with Gasteiger partial charge in [-0.3, -0.25) is 14.9 Å². The van der Waals surface area contributed by atoms with Crippen molar-refractivity contribution in [2.75, 3.05) is 14.2 Å². The smallest absolute Gasteiger partial charge is 0.275 e. The van der Waals surface area contributed by atoms with Crippen molar-refractivity contribution in [2.45, 2.75) is 6.61 Å². The molecule has 0 saturated carbocycles. The lowest BCUT2D eigenvalue weighted by molar-refractivity contribution is -0.384. The van der Waals surface area contributed by atoms with Gasteiger partial charge in [0.15, 0.2) is 11.5 Å². The molecule has 1 N–H and O–H groups in total. The van der Waals surface area contributed by atoms with E-state index in [1.165, 1.54) is 32.6 Å². The minimum absolute atomic E-state index is 0.0257. The Bertz CT molecular complexity index is 1300. The van der Waals surface area contributed by atoms with Crippen LogP contribution in [0.2, 0.25) is 10.0 Å². The van der Waals surface area contributed by atoms with Crippen LogP contribution in [0.1, 0.15) is 21.5 Å². The van der Waals surface area contributed by atoms with Gasteiger partial charge in [-0.1, -0.05) is 29.3 Å². The SMILES string of the molecule is COc1ccc([N+](=O)[O-])cc1C(=O)N/N=C\c1cc(Br)c(OCc2ccc(Cl)cc2Cl)c(OC)c1. The number of nitro groups is 1. The standard InChI is InChI=1S/C23H18BrCl2N3O6/c1-33-20-6-5-16(29(31)32)10-17(20)23(30)28-27-11-13-7-18(24)22(21(8-13)34-2)35-12-14-3-4-15(25)9-19(14)26/h3-11H,12H2,1-2H3,(H,28,30)/b27-11-. The van der Waals surface area contributed by atoms with E-state index in [1.54, 1.807) is 30.3 Å². The van der Waals surface area contributed by atoms with Crippen LogP contribution >= 0.6 is 39.1 Å². The Morgan fingerprint density at radius 2 is 1.86 bits per heavy atom. The van der Waals surface area contributed by atoms with E-state index in [2.05, 4.69) is 26.5 Å². The molecule has 0 aliphatic rings. The number of hydrogen-bond donors (Lipinski definition) is 1. The predicted octanol–water partition coefficient (Wildman–Crippen LogP) is 6.02. The molecular weight excluding hydrogens is 565 g/mol. The molecule has 0 saturated heterocycles. The molecule has 0 bridgehead atoms. The molecule has 0 unspecified atom stereocenters. The monoisotopic (exact) mass is 581 g/mol. The third-order valence-corrected chi connectivity index (χ3v) is 5.83. The normalized spacial score (nSPS) is 10.8. The molecule has 0 aliphatic heterocycles. The summed E-state index contributed by atoms with van der Waals surface area (Å²) >= 11 is 15.6. The molecule has 9 nitrogen and oxygen atoms in total. The number of hydrogen-bond acceptors (Lipinski definition) is 7. The Hall–Kier alpha value is -3.34. The van der Waals surface area contributed by atoms with Gasteiger partial charge in [-0.2, -0.15) is 5.10 Å². The van der Waals surface area contributed by atoms with Crippen molar-refractivity contribution in [3.8, 4) is 17.2 Å². The zero-order valence-electron chi connectivity index (χ0n) is 18.4. The second kappa shape index (κ2) is 11.9. The Balaban J connectivity index is 1.74. The molecule has 0 aromatic heterocycles. The number of ether oxygens (including phenoxy) is 3. The molecule has 35 heavy (non-hydrogen) atoms. The first kappa shape index (κ1) is 26.3. The van der Waals surface area contributed by atoms with Crippen LogP contribution in [0.3, 0.4) is 0 Å². The van der Waals surface area contributed by atoms with Crippen molar-refractivity contribution >= 4 is 56.9 Å². The van der Waals surface area contributed by atoms with Gasteiger partial charge < -0.3 is 14.2 Å². The minimum atomic E-state index is -0.673. The lowest BCUT2D eigenvalue weighted by Crippen LogP contribution is -2.18. The lowest BCUT2D eigenvalue weighted by Gasteiger charge is -2.14. The summed E-state index contributed by atoms with van der Waals surface area (Å²) in [6, 6.07) is 12.2. The first-order valence-corrected chi connectivity index (χ1v) is 11.4. The first-order valence-electron chi connectivity index (χ1n) is 9.83. The molecule has 3 rings (SSSR count). The number of methoxy groups -OCH3 is 2. The molecule has 12 heteroatoms. The van der Waals surface area contributed by atoms with E-state index < -0.39 is 10.8 Å². The maximum atomic E-state index is 12.5. The number of nitro benzene ring substituents is 1. The lowest BCUT2D eigenvalue weighted by atomic mass is 10.1. The van der Waals surface area contributed by atoms with E-state index in [9.17, 15) is 14.9 Å². The van der Waals surface area contributed by atoms with Crippen molar-refractivity contribution in [3.63, 3.8) is 0 Å². The number of nitrogens with one attached hydrogen (secondary N) is 1. The van der Waals surface area contributed by atoms with Crippen LogP contribution in [-0.4, -0.2) is 31.3 Å². The number of benzene rings is 3. The Morgan fingerprint density at radius 1 is 1.11 bits per heavy atom. The third kappa shape index (κ3) is 6.62. The summed E-state index contributed by atoms with van der Waals surface area (Å²) in [4.78, 5) is 22.9. The molecule has 0 aliphatic carbocycles. The van der Waals surface area contributed by atoms with Gasteiger partial charge in [0.25, 0.3) is 11.6 Å². The number of non-ortho nitro benzene ring substituents is 1. The predicted molar refractivity (Wildman–Crippen MR) is 136 cm³/mol. The number of carbonyl (C=O) groups excluding carboxylic acids is 1. The summed E-state index contributed by atoms with van der Waals surface area (Å²) in [6.45, 7) is 0.180. The average Bonchev–Trinajstić information content (AvgIpc) is 2.83. The zero-order chi connectivity index (χ0) is 25.5. The summed E-state index contributed by atoms with van der Waals surface area (Å²) in [5.41, 5.74) is 3.39. The Morgan fingerprint density at radius 3 is 2.51 bits per heavy atom. The van der Waals surface area contributed by atoms with Crippen LogP contribution in [0, 0.1) is 10.1 Å². The maximum absolute atomic E-state index is 12.5. The molecule has 0 atom stereocenters. The highest BCUT2D eigenvalue weighted by Crippen LogP contribution is 2.37. The fourth-order valence-corrected chi connectivity index (χ4v) is 3.99. The second-order valence-corrected chi connectivity index (χ2v) is 8.60. The van der Waals surface area contributed by atoms with Gasteiger partial charge in [-0.15, -0.1) is 0 Å². The number of hydrazone groups is 1. The third-order valence-electron chi connectivity index (χ3n) is 4.66. The highest BCUT2D eigenvalue weighted by molar-refractivity contribution is 9.10. The van der Waals surface area contributed by atoms with Crippen molar-refractivity contribution in [2.24, 2.45) is 5.10 Å². The molecule has 182 valence electrons. The summed E-state index contributed by atoms with van der Waals surface area (Å²) in [6.07, 6.45) is 1.38. The molecule has 0 spiro atoms. The van der Waals surface area contributed by atoms with Gasteiger partial charge in [-0.05, 0) is 51.8 Å². The Kier molecular flexibility index (Phi) is 8.91. The van der Waals surface area contributed by atoms with Crippen LogP contribution in [0.15, 0.2) is 58.1 Å². The fraction of sp³-hybridized carbons (Fsp3) is 0.130. The van der Waals surface area contributed by atoms with Gasteiger partial charge in [0.05, 0.1) is 35.4 Å². The van der Waals surface area contributed by atoms with E-state index >= 15 is 0 Å². The molecule has 0 radical (unpaired) electrons.